The summed E-state index contributed by atoms with van der Waals surface area (Å²) in [6.45, 7) is 6.21. The zero-order chi connectivity index (χ0) is 16.9. The van der Waals surface area contributed by atoms with Gasteiger partial charge in [0.2, 0.25) is 11.9 Å². The summed E-state index contributed by atoms with van der Waals surface area (Å²) in [7, 11) is 0. The molecule has 1 unspecified atom stereocenters. The van der Waals surface area contributed by atoms with Crippen LogP contribution in [0.5, 0.6) is 0 Å². The fourth-order valence-corrected chi connectivity index (χ4v) is 2.44. The molecular formula is C16H24N6O. The van der Waals surface area contributed by atoms with Crippen molar-refractivity contribution in [3.63, 3.8) is 0 Å². The van der Waals surface area contributed by atoms with Crippen molar-refractivity contribution >= 4 is 28.7 Å². The molecule has 7 heteroatoms. The summed E-state index contributed by atoms with van der Waals surface area (Å²) in [5.41, 5.74) is 6.83. The van der Waals surface area contributed by atoms with Crippen LogP contribution in [0.15, 0.2) is 18.3 Å². The number of aromatic nitrogens is 3. The van der Waals surface area contributed by atoms with Crippen LogP contribution < -0.4 is 16.4 Å². The molecule has 0 aromatic carbocycles. The lowest BCUT2D eigenvalue weighted by molar-refractivity contribution is -0.119. The number of hydrogen-bond acceptors (Lipinski definition) is 6. The van der Waals surface area contributed by atoms with Crippen molar-refractivity contribution in [2.24, 2.45) is 0 Å². The van der Waals surface area contributed by atoms with Gasteiger partial charge < -0.3 is 16.4 Å². The van der Waals surface area contributed by atoms with Crippen LogP contribution in [-0.2, 0) is 4.79 Å². The number of nitrogens with two attached hydrogens (primary N) is 1. The van der Waals surface area contributed by atoms with E-state index in [9.17, 15) is 4.79 Å². The molecule has 2 heterocycles. The van der Waals surface area contributed by atoms with Crippen LogP contribution in [0.2, 0.25) is 0 Å². The minimum absolute atomic E-state index is 0.0558. The Balaban J connectivity index is 2.33. The zero-order valence-corrected chi connectivity index (χ0v) is 13.9. The van der Waals surface area contributed by atoms with Crippen LogP contribution in [-0.4, -0.2) is 32.9 Å². The summed E-state index contributed by atoms with van der Waals surface area (Å²) < 4.78 is 0. The maximum absolute atomic E-state index is 11.3. The molecule has 0 aliphatic rings. The van der Waals surface area contributed by atoms with E-state index in [0.717, 1.165) is 19.3 Å². The van der Waals surface area contributed by atoms with Gasteiger partial charge in [0.15, 0.2) is 5.82 Å². The fourth-order valence-electron chi connectivity index (χ4n) is 2.44. The molecule has 2 aromatic rings. The molecule has 0 radical (unpaired) electrons. The van der Waals surface area contributed by atoms with E-state index in [0.29, 0.717) is 23.4 Å². The quantitative estimate of drug-likeness (QED) is 0.722. The zero-order valence-electron chi connectivity index (χ0n) is 13.9. The van der Waals surface area contributed by atoms with Gasteiger partial charge in [-0.1, -0.05) is 19.8 Å². The number of nitrogen functional groups attached to an aromatic ring is 1. The summed E-state index contributed by atoms with van der Waals surface area (Å²) >= 11 is 0. The monoisotopic (exact) mass is 316 g/mol. The second-order valence-corrected chi connectivity index (χ2v) is 6.00. The van der Waals surface area contributed by atoms with Gasteiger partial charge in [-0.25, -0.2) is 4.98 Å². The number of nitrogens with one attached hydrogen (secondary N) is 2. The van der Waals surface area contributed by atoms with Gasteiger partial charge in [0.05, 0.1) is 11.1 Å². The third kappa shape index (κ3) is 4.51. The van der Waals surface area contributed by atoms with Crippen LogP contribution in [0, 0.1) is 0 Å². The Hall–Kier alpha value is -2.44. The van der Waals surface area contributed by atoms with Gasteiger partial charge in [0.25, 0.3) is 0 Å². The number of carbonyl (C=O) groups excluding carboxylic acids is 1. The van der Waals surface area contributed by atoms with Crippen molar-refractivity contribution < 1.29 is 4.79 Å². The highest BCUT2D eigenvalue weighted by Gasteiger charge is 2.25. The first-order valence-electron chi connectivity index (χ1n) is 7.84. The van der Waals surface area contributed by atoms with Gasteiger partial charge in [-0.05, 0) is 25.5 Å². The van der Waals surface area contributed by atoms with Crippen LogP contribution >= 0.6 is 0 Å². The standard InChI is InChI=1S/C16H24N6O/c1-4-5-8-16(3,10-19-11(2)23)22-14-13-12(7-6-9-18-13)20-15(17)21-14/h6-7,9H,4-5,8,10H2,1-3H3,(H,19,23)(H3,17,20,21,22). The third-order valence-corrected chi connectivity index (χ3v) is 3.70. The molecule has 0 spiro atoms. The second-order valence-electron chi connectivity index (χ2n) is 6.00. The molecule has 4 N–H and O–H groups in total. The lowest BCUT2D eigenvalue weighted by Crippen LogP contribution is -2.46. The van der Waals surface area contributed by atoms with Gasteiger partial charge in [-0.3, -0.25) is 9.78 Å². The lowest BCUT2D eigenvalue weighted by Gasteiger charge is -2.32. The molecular weight excluding hydrogens is 292 g/mol. The fraction of sp³-hybridized carbons (Fsp3) is 0.500. The number of anilines is 2. The van der Waals surface area contributed by atoms with E-state index in [-0.39, 0.29) is 17.4 Å². The molecule has 0 aliphatic heterocycles. The first-order chi connectivity index (χ1) is 10.9. The highest BCUT2D eigenvalue weighted by atomic mass is 16.1. The summed E-state index contributed by atoms with van der Waals surface area (Å²) in [5, 5.41) is 6.30. The van der Waals surface area contributed by atoms with E-state index in [1.807, 2.05) is 12.1 Å². The number of pyridine rings is 1. The van der Waals surface area contributed by atoms with E-state index in [2.05, 4.69) is 39.4 Å². The van der Waals surface area contributed by atoms with Crippen molar-refractivity contribution in [1.82, 2.24) is 20.3 Å². The molecule has 0 fully saturated rings. The first-order valence-corrected chi connectivity index (χ1v) is 7.84. The van der Waals surface area contributed by atoms with Crippen molar-refractivity contribution in [2.45, 2.75) is 45.6 Å². The molecule has 0 bridgehead atoms. The second kappa shape index (κ2) is 7.21. The molecule has 2 aromatic heterocycles. The van der Waals surface area contributed by atoms with Crippen LogP contribution in [0.4, 0.5) is 11.8 Å². The predicted octanol–water partition coefficient (Wildman–Crippen LogP) is 2.10. The van der Waals surface area contributed by atoms with E-state index < -0.39 is 0 Å². The van der Waals surface area contributed by atoms with Gasteiger partial charge in [-0.2, -0.15) is 4.98 Å². The molecule has 124 valence electrons. The Morgan fingerprint density at radius 2 is 2.17 bits per heavy atom. The van der Waals surface area contributed by atoms with Gasteiger partial charge in [0, 0.05) is 19.7 Å². The minimum atomic E-state index is -0.340. The molecule has 0 saturated heterocycles. The largest absolute Gasteiger partial charge is 0.368 e. The van der Waals surface area contributed by atoms with Crippen molar-refractivity contribution in [1.29, 1.82) is 0 Å². The van der Waals surface area contributed by atoms with E-state index in [4.69, 9.17) is 5.73 Å². The van der Waals surface area contributed by atoms with E-state index in [1.54, 1.807) is 6.20 Å². The summed E-state index contributed by atoms with van der Waals surface area (Å²) in [6.07, 6.45) is 4.70. The summed E-state index contributed by atoms with van der Waals surface area (Å²) in [5.74, 6) is 0.738. The van der Waals surface area contributed by atoms with Gasteiger partial charge in [0.1, 0.15) is 5.52 Å². The van der Waals surface area contributed by atoms with Crippen LogP contribution in [0.1, 0.15) is 40.0 Å². The minimum Gasteiger partial charge on any atom is -0.368 e. The third-order valence-electron chi connectivity index (χ3n) is 3.70. The molecule has 0 saturated carbocycles. The van der Waals surface area contributed by atoms with Crippen molar-refractivity contribution in [3.8, 4) is 0 Å². The van der Waals surface area contributed by atoms with E-state index >= 15 is 0 Å². The summed E-state index contributed by atoms with van der Waals surface area (Å²) in [6, 6.07) is 3.66. The SMILES string of the molecule is CCCCC(C)(CNC(C)=O)Nc1nc(N)nc2cccnc12. The molecule has 2 rings (SSSR count). The highest BCUT2D eigenvalue weighted by molar-refractivity contribution is 5.86. The van der Waals surface area contributed by atoms with Gasteiger partial charge >= 0.3 is 0 Å². The first kappa shape index (κ1) is 16.9. The maximum atomic E-state index is 11.3. The average Bonchev–Trinajstić information content (AvgIpc) is 2.51. The Labute approximate surface area is 136 Å². The van der Waals surface area contributed by atoms with E-state index in [1.165, 1.54) is 6.92 Å². The van der Waals surface area contributed by atoms with Crippen molar-refractivity contribution in [2.75, 3.05) is 17.6 Å². The van der Waals surface area contributed by atoms with Gasteiger partial charge in [-0.15, -0.1) is 0 Å². The van der Waals surface area contributed by atoms with Crippen LogP contribution in [0.3, 0.4) is 0 Å². The number of unbranched alkanes of at least 4 members (excludes halogenated alkanes) is 1. The number of amides is 1. The maximum Gasteiger partial charge on any atom is 0.222 e. The summed E-state index contributed by atoms with van der Waals surface area (Å²) in [4.78, 5) is 24.1. The predicted molar refractivity (Wildman–Crippen MR) is 92.0 cm³/mol. The number of carbonyl (C=O) groups is 1. The lowest BCUT2D eigenvalue weighted by atomic mass is 9.94. The topological polar surface area (TPSA) is 106 Å². The molecule has 1 atom stereocenters. The molecule has 1 amide bonds. The number of hydrogen-bond donors (Lipinski definition) is 3. The Morgan fingerprint density at radius 1 is 1.39 bits per heavy atom. The Kier molecular flexibility index (Phi) is 5.31. The van der Waals surface area contributed by atoms with Crippen LogP contribution in [0.25, 0.3) is 11.0 Å². The molecule has 0 aliphatic carbocycles. The smallest absolute Gasteiger partial charge is 0.222 e. The number of nitrogens with zero attached hydrogens (tertiary/aromatic N) is 3. The Bertz CT molecular complexity index is 689. The number of rotatable bonds is 7. The average molecular weight is 316 g/mol. The molecule has 23 heavy (non-hydrogen) atoms. The normalized spacial score (nSPS) is 13.5. The number of fused-ring (bicyclic) bond motifs is 1. The Morgan fingerprint density at radius 3 is 2.87 bits per heavy atom. The molecule has 7 nitrogen and oxygen atoms in total. The van der Waals surface area contributed by atoms with Crippen molar-refractivity contribution in [3.05, 3.63) is 18.3 Å². The highest BCUT2D eigenvalue weighted by Crippen LogP contribution is 2.24.